The van der Waals surface area contributed by atoms with Crippen molar-refractivity contribution < 1.29 is 18.0 Å². The second kappa shape index (κ2) is 4.42. The number of fused-ring (bicyclic) bond motifs is 1. The minimum Gasteiger partial charge on any atom is -0.284 e. The van der Waals surface area contributed by atoms with Gasteiger partial charge in [0, 0.05) is 18.9 Å². The Balaban J connectivity index is 1.97. The van der Waals surface area contributed by atoms with Crippen molar-refractivity contribution in [2.24, 2.45) is 0 Å². The van der Waals surface area contributed by atoms with Gasteiger partial charge in [-0.2, -0.15) is 5.10 Å². The van der Waals surface area contributed by atoms with E-state index in [1.54, 1.807) is 0 Å². The number of nitrogens with one attached hydrogen (secondary N) is 2. The number of rotatable bonds is 3. The fraction of sp³-hybridized carbons (Fsp3) is 0.0833. The molecular formula is C12H10N4O4S. The molecule has 0 atom stereocenters. The predicted octanol–water partition coefficient (Wildman–Crippen LogP) is 0.436. The predicted molar refractivity (Wildman–Crippen MR) is 72.3 cm³/mol. The molecule has 0 unspecified atom stereocenters. The number of hydrogen-bond donors (Lipinski definition) is 2. The molecule has 2 N–H and O–H groups in total. The van der Waals surface area contributed by atoms with Crippen LogP contribution in [0.4, 0.5) is 5.69 Å². The summed E-state index contributed by atoms with van der Waals surface area (Å²) in [6.07, 6.45) is 2.40. The summed E-state index contributed by atoms with van der Waals surface area (Å²) in [6.45, 7) is 0. The first-order chi connectivity index (χ1) is 9.90. The van der Waals surface area contributed by atoms with E-state index in [-0.39, 0.29) is 21.7 Å². The molecule has 0 spiro atoms. The number of carbonyl (C=O) groups excluding carboxylic acids is 2. The maximum atomic E-state index is 12.0. The lowest BCUT2D eigenvalue weighted by Crippen LogP contribution is -2.24. The highest BCUT2D eigenvalue weighted by Crippen LogP contribution is 2.25. The molecule has 1 aromatic carbocycles. The minimum absolute atomic E-state index is 0.0254. The lowest BCUT2D eigenvalue weighted by atomic mass is 10.1. The lowest BCUT2D eigenvalue weighted by Gasteiger charge is -2.06. The van der Waals surface area contributed by atoms with Crippen LogP contribution in [-0.2, 0) is 10.0 Å². The van der Waals surface area contributed by atoms with Crippen molar-refractivity contribution in [1.29, 1.82) is 0 Å². The second-order valence-electron chi connectivity index (χ2n) is 4.47. The van der Waals surface area contributed by atoms with E-state index >= 15 is 0 Å². The molecule has 2 aromatic rings. The first-order valence-corrected chi connectivity index (χ1v) is 7.36. The van der Waals surface area contributed by atoms with E-state index in [2.05, 4.69) is 14.9 Å². The van der Waals surface area contributed by atoms with Gasteiger partial charge in [0.15, 0.2) is 0 Å². The Hall–Kier alpha value is -2.68. The van der Waals surface area contributed by atoms with Crippen LogP contribution in [0.1, 0.15) is 20.7 Å². The van der Waals surface area contributed by atoms with Crippen molar-refractivity contribution in [3.63, 3.8) is 0 Å². The zero-order valence-electron chi connectivity index (χ0n) is 10.8. The van der Waals surface area contributed by atoms with Crippen molar-refractivity contribution in [3.8, 4) is 0 Å². The van der Waals surface area contributed by atoms with Gasteiger partial charge in [0.2, 0.25) is 0 Å². The largest absolute Gasteiger partial charge is 0.284 e. The van der Waals surface area contributed by atoms with E-state index in [9.17, 15) is 18.0 Å². The smallest absolute Gasteiger partial charge is 0.265 e. The van der Waals surface area contributed by atoms with Crippen LogP contribution in [-0.4, -0.2) is 42.4 Å². The summed E-state index contributed by atoms with van der Waals surface area (Å²) in [5.74, 6) is -0.862. The van der Waals surface area contributed by atoms with Crippen molar-refractivity contribution in [2.75, 3.05) is 11.8 Å². The highest BCUT2D eigenvalue weighted by molar-refractivity contribution is 7.92. The summed E-state index contributed by atoms with van der Waals surface area (Å²) >= 11 is 0. The first kappa shape index (κ1) is 13.3. The molecule has 0 aliphatic carbocycles. The molecule has 108 valence electrons. The second-order valence-corrected chi connectivity index (χ2v) is 6.15. The Morgan fingerprint density at radius 3 is 2.57 bits per heavy atom. The van der Waals surface area contributed by atoms with Crippen LogP contribution in [0.5, 0.6) is 0 Å². The molecule has 0 radical (unpaired) electrons. The number of carbonyl (C=O) groups is 2. The van der Waals surface area contributed by atoms with Crippen molar-refractivity contribution in [3.05, 3.63) is 41.7 Å². The monoisotopic (exact) mass is 306 g/mol. The Morgan fingerprint density at radius 1 is 1.19 bits per heavy atom. The topological polar surface area (TPSA) is 112 Å². The van der Waals surface area contributed by atoms with Gasteiger partial charge >= 0.3 is 0 Å². The SMILES string of the molecule is CN1C(=O)c2ccc(NS(=O)(=O)c3cn[nH]c3)cc2C1=O. The van der Waals surface area contributed by atoms with Gasteiger partial charge in [-0.3, -0.25) is 24.3 Å². The molecule has 0 saturated heterocycles. The molecule has 8 nitrogen and oxygen atoms in total. The molecule has 0 fully saturated rings. The summed E-state index contributed by atoms with van der Waals surface area (Å²) in [5, 5.41) is 5.98. The zero-order chi connectivity index (χ0) is 15.2. The third-order valence-corrected chi connectivity index (χ3v) is 4.47. The molecule has 1 aliphatic heterocycles. The molecule has 3 rings (SSSR count). The van der Waals surface area contributed by atoms with E-state index in [1.165, 1.54) is 31.4 Å². The molecule has 1 aromatic heterocycles. The van der Waals surface area contributed by atoms with Crippen LogP contribution in [0.3, 0.4) is 0 Å². The normalized spacial score (nSPS) is 14.4. The Kier molecular flexibility index (Phi) is 2.80. The molecule has 2 amide bonds. The standard InChI is InChI=1S/C12H10N4O4S/c1-16-11(17)9-3-2-7(4-10(9)12(16)18)15-21(19,20)8-5-13-14-6-8/h2-6,15H,1H3,(H,13,14). The molecule has 1 aliphatic rings. The summed E-state index contributed by atoms with van der Waals surface area (Å²) < 4.78 is 26.4. The average Bonchev–Trinajstić information content (AvgIpc) is 3.05. The number of benzene rings is 1. The summed E-state index contributed by atoms with van der Waals surface area (Å²) in [4.78, 5) is 24.6. The fourth-order valence-corrected chi connectivity index (χ4v) is 2.98. The molecule has 0 bridgehead atoms. The molecular weight excluding hydrogens is 296 g/mol. The number of hydrogen-bond acceptors (Lipinski definition) is 5. The number of anilines is 1. The van der Waals surface area contributed by atoms with Gasteiger partial charge in [0.05, 0.1) is 17.3 Å². The number of imide groups is 1. The Morgan fingerprint density at radius 2 is 1.90 bits per heavy atom. The van der Waals surface area contributed by atoms with Gasteiger partial charge in [-0.05, 0) is 18.2 Å². The van der Waals surface area contributed by atoms with Crippen LogP contribution in [0, 0.1) is 0 Å². The van der Waals surface area contributed by atoms with Crippen LogP contribution in [0.25, 0.3) is 0 Å². The molecule has 21 heavy (non-hydrogen) atoms. The van der Waals surface area contributed by atoms with Crippen LogP contribution >= 0.6 is 0 Å². The van der Waals surface area contributed by atoms with Crippen molar-refractivity contribution >= 4 is 27.5 Å². The quantitative estimate of drug-likeness (QED) is 0.799. The number of aromatic nitrogens is 2. The maximum absolute atomic E-state index is 12.0. The summed E-state index contributed by atoms with van der Waals surface area (Å²) in [6, 6.07) is 4.20. The van der Waals surface area contributed by atoms with Gasteiger partial charge in [-0.1, -0.05) is 0 Å². The zero-order valence-corrected chi connectivity index (χ0v) is 11.6. The molecule has 9 heteroatoms. The number of aromatic amines is 1. The van der Waals surface area contributed by atoms with E-state index in [4.69, 9.17) is 0 Å². The molecule has 2 heterocycles. The average molecular weight is 306 g/mol. The van der Waals surface area contributed by atoms with E-state index in [1.807, 2.05) is 0 Å². The number of sulfonamides is 1. The Bertz CT molecular complexity index is 842. The third-order valence-electron chi connectivity index (χ3n) is 3.13. The summed E-state index contributed by atoms with van der Waals surface area (Å²) in [7, 11) is -2.41. The van der Waals surface area contributed by atoms with Gasteiger partial charge in [0.1, 0.15) is 4.90 Å². The lowest BCUT2D eigenvalue weighted by molar-refractivity contribution is 0.0693. The number of amides is 2. The number of H-pyrrole nitrogens is 1. The minimum atomic E-state index is -3.79. The van der Waals surface area contributed by atoms with Crippen LogP contribution in [0.2, 0.25) is 0 Å². The fourth-order valence-electron chi connectivity index (χ4n) is 2.02. The van der Waals surface area contributed by atoms with E-state index in [0.29, 0.717) is 0 Å². The van der Waals surface area contributed by atoms with Gasteiger partial charge < -0.3 is 0 Å². The number of nitrogens with zero attached hydrogens (tertiary/aromatic N) is 2. The highest BCUT2D eigenvalue weighted by atomic mass is 32.2. The summed E-state index contributed by atoms with van der Waals surface area (Å²) in [5.41, 5.74) is 0.634. The molecule has 0 saturated carbocycles. The van der Waals surface area contributed by atoms with Gasteiger partial charge in [-0.15, -0.1) is 0 Å². The third kappa shape index (κ3) is 2.07. The highest BCUT2D eigenvalue weighted by Gasteiger charge is 2.33. The van der Waals surface area contributed by atoms with E-state index < -0.39 is 21.8 Å². The van der Waals surface area contributed by atoms with Gasteiger partial charge in [-0.25, -0.2) is 8.42 Å². The van der Waals surface area contributed by atoms with Gasteiger partial charge in [0.25, 0.3) is 21.8 Å². The van der Waals surface area contributed by atoms with Crippen molar-refractivity contribution in [2.45, 2.75) is 4.90 Å². The van der Waals surface area contributed by atoms with Crippen molar-refractivity contribution in [1.82, 2.24) is 15.1 Å². The van der Waals surface area contributed by atoms with Crippen LogP contribution in [0.15, 0.2) is 35.5 Å². The van der Waals surface area contributed by atoms with E-state index in [0.717, 1.165) is 11.1 Å². The maximum Gasteiger partial charge on any atom is 0.265 e. The van der Waals surface area contributed by atoms with Crippen LogP contribution < -0.4 is 4.72 Å². The Labute approximate surface area is 119 Å². The first-order valence-electron chi connectivity index (χ1n) is 5.88.